The maximum atomic E-state index is 12.7. The molecule has 2 aromatic heterocycles. The molecule has 152 valence electrons. The normalized spacial score (nSPS) is 15.0. The Morgan fingerprint density at radius 1 is 1.25 bits per heavy atom. The summed E-state index contributed by atoms with van der Waals surface area (Å²) in [6, 6.07) is 1.17. The predicted octanol–water partition coefficient (Wildman–Crippen LogP) is 2.74. The van der Waals surface area contributed by atoms with Crippen molar-refractivity contribution in [1.29, 1.82) is 0 Å². The third-order valence-corrected chi connectivity index (χ3v) is 4.20. The molecule has 0 spiro atoms. The van der Waals surface area contributed by atoms with Crippen LogP contribution in [-0.4, -0.2) is 45.4 Å². The molecule has 0 saturated carbocycles. The highest BCUT2D eigenvalue weighted by Crippen LogP contribution is 2.28. The van der Waals surface area contributed by atoms with Gasteiger partial charge in [-0.3, -0.25) is 4.79 Å². The number of aryl methyl sites for hydroxylation is 1. The Bertz CT molecular complexity index is 829. The minimum atomic E-state index is -4.68. The lowest BCUT2D eigenvalue weighted by atomic mass is 9.90. The van der Waals surface area contributed by atoms with Crippen LogP contribution in [0.1, 0.15) is 46.5 Å². The standard InChI is InChI=1S/C17H18F3N5O2.ClH/c1-10-23-8-12(15(24-10)11-2-5-21-6-3-11)13(26)9-27-14-4-7-22-16(25-14)17(18,19)20;/h4,7-8,11,21H,2-3,5-6,9H2,1H3;1H. The number of hydrogen-bond donors (Lipinski definition) is 1. The first-order chi connectivity index (χ1) is 12.8. The molecule has 1 aliphatic rings. The number of nitrogens with one attached hydrogen (secondary N) is 1. The first-order valence-corrected chi connectivity index (χ1v) is 8.45. The molecule has 0 radical (unpaired) electrons. The second-order valence-electron chi connectivity index (χ2n) is 6.17. The van der Waals surface area contributed by atoms with E-state index in [1.807, 2.05) is 0 Å². The molecule has 1 aliphatic heterocycles. The van der Waals surface area contributed by atoms with E-state index >= 15 is 0 Å². The van der Waals surface area contributed by atoms with Gasteiger partial charge in [0, 0.05) is 24.4 Å². The molecule has 3 rings (SSSR count). The Morgan fingerprint density at radius 3 is 2.64 bits per heavy atom. The minimum absolute atomic E-state index is 0. The fourth-order valence-corrected chi connectivity index (χ4v) is 2.89. The SMILES string of the molecule is Cc1ncc(C(=O)COc2ccnc(C(F)(F)F)n2)c(C2CCNCC2)n1.Cl. The van der Waals surface area contributed by atoms with Crippen LogP contribution in [0, 0.1) is 6.92 Å². The lowest BCUT2D eigenvalue weighted by molar-refractivity contribution is -0.145. The van der Waals surface area contributed by atoms with Gasteiger partial charge in [0.05, 0.1) is 11.3 Å². The van der Waals surface area contributed by atoms with E-state index in [-0.39, 0.29) is 24.2 Å². The van der Waals surface area contributed by atoms with Crippen LogP contribution in [0.2, 0.25) is 0 Å². The first-order valence-electron chi connectivity index (χ1n) is 8.45. The summed E-state index contributed by atoms with van der Waals surface area (Å²) in [6.45, 7) is 2.95. The van der Waals surface area contributed by atoms with Crippen LogP contribution in [0.3, 0.4) is 0 Å². The first kappa shape index (κ1) is 22.0. The molecule has 1 N–H and O–H groups in total. The van der Waals surface area contributed by atoms with Gasteiger partial charge in [-0.1, -0.05) is 0 Å². The Balaban J connectivity index is 0.00000280. The van der Waals surface area contributed by atoms with E-state index in [1.54, 1.807) is 6.92 Å². The molecule has 0 aromatic carbocycles. The molecular formula is C17H19ClF3N5O2. The highest BCUT2D eigenvalue weighted by atomic mass is 35.5. The molecule has 0 amide bonds. The number of carbonyl (C=O) groups excluding carboxylic acids is 1. The average molecular weight is 418 g/mol. The monoisotopic (exact) mass is 417 g/mol. The third kappa shape index (κ3) is 5.35. The van der Waals surface area contributed by atoms with E-state index in [1.165, 1.54) is 12.3 Å². The fraction of sp³-hybridized carbons (Fsp3) is 0.471. The fourth-order valence-electron chi connectivity index (χ4n) is 2.89. The van der Waals surface area contributed by atoms with Crippen molar-refractivity contribution in [2.45, 2.75) is 31.9 Å². The summed E-state index contributed by atoms with van der Waals surface area (Å²) in [4.78, 5) is 27.5. The molecule has 11 heteroatoms. The van der Waals surface area contributed by atoms with Crippen molar-refractivity contribution in [1.82, 2.24) is 25.3 Å². The Hall–Kier alpha value is -2.33. The van der Waals surface area contributed by atoms with Crippen LogP contribution in [0.4, 0.5) is 13.2 Å². The molecule has 2 aromatic rings. The van der Waals surface area contributed by atoms with Crippen molar-refractivity contribution in [3.63, 3.8) is 0 Å². The van der Waals surface area contributed by atoms with Crippen LogP contribution in [0.5, 0.6) is 5.88 Å². The number of nitrogens with zero attached hydrogens (tertiary/aromatic N) is 4. The number of alkyl halides is 3. The van der Waals surface area contributed by atoms with Gasteiger partial charge in [0.25, 0.3) is 0 Å². The quantitative estimate of drug-likeness (QED) is 0.748. The molecule has 1 saturated heterocycles. The molecule has 0 aliphatic carbocycles. The molecule has 7 nitrogen and oxygen atoms in total. The number of ketones is 1. The zero-order chi connectivity index (χ0) is 19.4. The summed E-state index contributed by atoms with van der Waals surface area (Å²) < 4.78 is 43.1. The second-order valence-corrected chi connectivity index (χ2v) is 6.17. The van der Waals surface area contributed by atoms with Crippen LogP contribution < -0.4 is 10.1 Å². The molecule has 1 fully saturated rings. The Morgan fingerprint density at radius 2 is 1.96 bits per heavy atom. The Kier molecular flexibility index (Phi) is 7.25. The number of carbonyl (C=O) groups is 1. The lowest BCUT2D eigenvalue weighted by Crippen LogP contribution is -2.28. The summed E-state index contributed by atoms with van der Waals surface area (Å²) in [6.07, 6.45) is -0.606. The number of hydrogen-bond acceptors (Lipinski definition) is 7. The number of aromatic nitrogens is 4. The van der Waals surface area contributed by atoms with E-state index < -0.39 is 24.4 Å². The maximum absolute atomic E-state index is 12.7. The van der Waals surface area contributed by atoms with Crippen LogP contribution >= 0.6 is 12.4 Å². The van der Waals surface area contributed by atoms with Crippen molar-refractivity contribution in [2.75, 3.05) is 19.7 Å². The summed E-state index contributed by atoms with van der Waals surface area (Å²) in [5.41, 5.74) is 0.994. The van der Waals surface area contributed by atoms with Crippen molar-refractivity contribution in [3.8, 4) is 5.88 Å². The highest BCUT2D eigenvalue weighted by molar-refractivity contribution is 5.98. The van der Waals surface area contributed by atoms with Gasteiger partial charge in [-0.05, 0) is 32.9 Å². The van der Waals surface area contributed by atoms with Crippen molar-refractivity contribution in [3.05, 3.63) is 41.4 Å². The van der Waals surface area contributed by atoms with Gasteiger partial charge in [0.15, 0.2) is 6.61 Å². The highest BCUT2D eigenvalue weighted by Gasteiger charge is 2.35. The van der Waals surface area contributed by atoms with Crippen LogP contribution in [0.15, 0.2) is 18.5 Å². The van der Waals surface area contributed by atoms with Crippen molar-refractivity contribution in [2.24, 2.45) is 0 Å². The smallest absolute Gasteiger partial charge is 0.451 e. The van der Waals surface area contributed by atoms with E-state index in [0.717, 1.165) is 32.1 Å². The molecule has 0 bridgehead atoms. The van der Waals surface area contributed by atoms with E-state index in [2.05, 4.69) is 25.3 Å². The van der Waals surface area contributed by atoms with Gasteiger partial charge in [0.1, 0.15) is 5.82 Å². The maximum Gasteiger partial charge on any atom is 0.451 e. The van der Waals surface area contributed by atoms with Gasteiger partial charge in [0.2, 0.25) is 17.5 Å². The topological polar surface area (TPSA) is 89.9 Å². The third-order valence-electron chi connectivity index (χ3n) is 4.20. The second kappa shape index (κ2) is 9.24. The zero-order valence-electron chi connectivity index (χ0n) is 15.0. The largest absolute Gasteiger partial charge is 0.469 e. The molecular weight excluding hydrogens is 399 g/mol. The number of Topliss-reactive ketones (excluding diaryl/α,β-unsaturated/α-hetero) is 1. The predicted molar refractivity (Wildman–Crippen MR) is 95.7 cm³/mol. The summed E-state index contributed by atoms with van der Waals surface area (Å²) in [5.74, 6) is -1.35. The van der Waals surface area contributed by atoms with E-state index in [0.29, 0.717) is 17.1 Å². The zero-order valence-corrected chi connectivity index (χ0v) is 15.8. The van der Waals surface area contributed by atoms with Gasteiger partial charge in [-0.2, -0.15) is 18.2 Å². The van der Waals surface area contributed by atoms with Gasteiger partial charge < -0.3 is 10.1 Å². The molecule has 28 heavy (non-hydrogen) atoms. The van der Waals surface area contributed by atoms with Gasteiger partial charge in [-0.25, -0.2) is 15.0 Å². The van der Waals surface area contributed by atoms with E-state index in [4.69, 9.17) is 4.74 Å². The molecule has 3 heterocycles. The molecule has 0 unspecified atom stereocenters. The Labute approximate surface area is 165 Å². The number of halogens is 4. The minimum Gasteiger partial charge on any atom is -0.469 e. The summed E-state index contributed by atoms with van der Waals surface area (Å²) in [5, 5.41) is 3.25. The van der Waals surface area contributed by atoms with Crippen molar-refractivity contribution < 1.29 is 22.7 Å². The van der Waals surface area contributed by atoms with Crippen LogP contribution in [0.25, 0.3) is 0 Å². The van der Waals surface area contributed by atoms with Gasteiger partial charge in [-0.15, -0.1) is 12.4 Å². The van der Waals surface area contributed by atoms with Crippen LogP contribution in [-0.2, 0) is 6.18 Å². The molecule has 0 atom stereocenters. The lowest BCUT2D eigenvalue weighted by Gasteiger charge is -2.23. The number of rotatable bonds is 5. The number of ether oxygens (including phenoxy) is 1. The van der Waals surface area contributed by atoms with E-state index in [9.17, 15) is 18.0 Å². The van der Waals surface area contributed by atoms with Crippen molar-refractivity contribution >= 4 is 18.2 Å². The van der Waals surface area contributed by atoms with Gasteiger partial charge >= 0.3 is 6.18 Å². The summed E-state index contributed by atoms with van der Waals surface area (Å²) in [7, 11) is 0. The average Bonchev–Trinajstić information content (AvgIpc) is 2.66. The number of piperidine rings is 1. The summed E-state index contributed by atoms with van der Waals surface area (Å²) >= 11 is 0.